The lowest BCUT2D eigenvalue weighted by molar-refractivity contribution is -0.133. The molecule has 7 heteroatoms. The van der Waals surface area contributed by atoms with Crippen molar-refractivity contribution >= 4 is 46.6 Å². The van der Waals surface area contributed by atoms with Gasteiger partial charge in [-0.2, -0.15) is 0 Å². The first-order chi connectivity index (χ1) is 7.84. The molecule has 0 aliphatic carbocycles. The molecule has 0 atom stereocenters. The first kappa shape index (κ1) is 13.9. The standard InChI is InChI=1S/C10H6Cl3NO3/c1-17-8(15)3-2-6-4-7(14-5-6)9(16)10(11,12)13/h4-5,14H,1H3. The molecule has 1 N–H and O–H groups in total. The van der Waals surface area contributed by atoms with E-state index in [9.17, 15) is 9.59 Å². The first-order valence-corrected chi connectivity index (χ1v) is 5.38. The van der Waals surface area contributed by atoms with Crippen LogP contribution in [0.2, 0.25) is 0 Å². The molecule has 90 valence electrons. The first-order valence-electron chi connectivity index (χ1n) is 4.24. The highest BCUT2D eigenvalue weighted by Crippen LogP contribution is 2.30. The molecular formula is C10H6Cl3NO3. The van der Waals surface area contributed by atoms with Gasteiger partial charge in [0, 0.05) is 17.7 Å². The van der Waals surface area contributed by atoms with Crippen molar-refractivity contribution in [3.8, 4) is 11.8 Å². The summed E-state index contributed by atoms with van der Waals surface area (Å²) in [7, 11) is 1.21. The van der Waals surface area contributed by atoms with Crippen LogP contribution in [0.25, 0.3) is 0 Å². The fraction of sp³-hybridized carbons (Fsp3) is 0.200. The number of aromatic nitrogens is 1. The smallest absolute Gasteiger partial charge is 0.384 e. The van der Waals surface area contributed by atoms with E-state index in [0.29, 0.717) is 5.56 Å². The highest BCUT2D eigenvalue weighted by molar-refractivity contribution is 6.77. The summed E-state index contributed by atoms with van der Waals surface area (Å²) in [5, 5.41) is 0. The van der Waals surface area contributed by atoms with Gasteiger partial charge >= 0.3 is 5.97 Å². The van der Waals surface area contributed by atoms with Crippen molar-refractivity contribution in [2.45, 2.75) is 3.79 Å². The predicted octanol–water partition coefficient (Wildman–Crippen LogP) is 2.09. The van der Waals surface area contributed by atoms with Crippen molar-refractivity contribution in [2.75, 3.05) is 7.11 Å². The molecule has 0 spiro atoms. The summed E-state index contributed by atoms with van der Waals surface area (Å²) in [6.07, 6.45) is 1.42. The molecule has 1 rings (SSSR count). The summed E-state index contributed by atoms with van der Waals surface area (Å²) in [4.78, 5) is 24.9. The molecule has 0 aliphatic heterocycles. The van der Waals surface area contributed by atoms with Crippen LogP contribution >= 0.6 is 34.8 Å². The number of H-pyrrole nitrogens is 1. The molecule has 1 heterocycles. The summed E-state index contributed by atoms with van der Waals surface area (Å²) in [5.74, 6) is 3.30. The molecule has 0 radical (unpaired) electrons. The van der Waals surface area contributed by atoms with E-state index < -0.39 is 15.5 Å². The molecule has 1 aromatic rings. The lowest BCUT2D eigenvalue weighted by Gasteiger charge is -2.06. The molecule has 0 saturated carbocycles. The van der Waals surface area contributed by atoms with Crippen LogP contribution in [-0.4, -0.2) is 27.6 Å². The van der Waals surface area contributed by atoms with Crippen LogP contribution in [-0.2, 0) is 9.53 Å². The number of aromatic amines is 1. The number of alkyl halides is 3. The Morgan fingerprint density at radius 3 is 2.59 bits per heavy atom. The summed E-state index contributed by atoms with van der Waals surface area (Å²) in [6, 6.07) is 1.38. The van der Waals surface area contributed by atoms with E-state index in [1.165, 1.54) is 19.4 Å². The zero-order chi connectivity index (χ0) is 13.1. The minimum Gasteiger partial charge on any atom is -0.459 e. The van der Waals surface area contributed by atoms with Gasteiger partial charge in [0.2, 0.25) is 5.78 Å². The maximum Gasteiger partial charge on any atom is 0.384 e. The number of ketones is 1. The second-order valence-electron chi connectivity index (χ2n) is 2.87. The van der Waals surface area contributed by atoms with Gasteiger partial charge < -0.3 is 9.72 Å². The number of methoxy groups -OCH3 is 1. The van der Waals surface area contributed by atoms with E-state index in [2.05, 4.69) is 21.6 Å². The highest BCUT2D eigenvalue weighted by Gasteiger charge is 2.32. The quantitative estimate of drug-likeness (QED) is 0.373. The Hall–Kier alpha value is -1.15. The second-order valence-corrected chi connectivity index (χ2v) is 5.15. The highest BCUT2D eigenvalue weighted by atomic mass is 35.6. The van der Waals surface area contributed by atoms with Crippen molar-refractivity contribution in [1.29, 1.82) is 0 Å². The van der Waals surface area contributed by atoms with Gasteiger partial charge in [-0.1, -0.05) is 40.7 Å². The fourth-order valence-corrected chi connectivity index (χ4v) is 1.23. The van der Waals surface area contributed by atoms with Gasteiger partial charge in [-0.05, 0) is 6.07 Å². The van der Waals surface area contributed by atoms with E-state index in [1.54, 1.807) is 0 Å². The van der Waals surface area contributed by atoms with Crippen molar-refractivity contribution in [3.05, 3.63) is 23.5 Å². The van der Waals surface area contributed by atoms with E-state index in [0.717, 1.165) is 0 Å². The summed E-state index contributed by atoms with van der Waals surface area (Å²) < 4.78 is 2.30. The molecular weight excluding hydrogens is 288 g/mol. The molecule has 0 fully saturated rings. The minimum atomic E-state index is -2.03. The number of nitrogens with one attached hydrogen (secondary N) is 1. The number of hydrogen-bond acceptors (Lipinski definition) is 3. The Balaban J connectivity index is 2.89. The van der Waals surface area contributed by atoms with Crippen LogP contribution in [0.15, 0.2) is 12.3 Å². The molecule has 0 unspecified atom stereocenters. The van der Waals surface area contributed by atoms with Crippen molar-refractivity contribution in [2.24, 2.45) is 0 Å². The van der Waals surface area contributed by atoms with E-state index in [1.807, 2.05) is 0 Å². The average Bonchev–Trinajstić information content (AvgIpc) is 2.71. The Labute approximate surface area is 112 Å². The van der Waals surface area contributed by atoms with Crippen molar-refractivity contribution in [1.82, 2.24) is 4.98 Å². The SMILES string of the molecule is COC(=O)C#Cc1c[nH]c(C(=O)C(Cl)(Cl)Cl)c1. The van der Waals surface area contributed by atoms with Crippen molar-refractivity contribution in [3.63, 3.8) is 0 Å². The van der Waals surface area contributed by atoms with Crippen LogP contribution in [0.4, 0.5) is 0 Å². The number of ether oxygens (including phenoxy) is 1. The zero-order valence-corrected chi connectivity index (χ0v) is 10.8. The summed E-state index contributed by atoms with van der Waals surface area (Å²) in [5.41, 5.74) is 0.507. The van der Waals surface area contributed by atoms with Gasteiger partial charge in [0.05, 0.1) is 12.8 Å². The lowest BCUT2D eigenvalue weighted by atomic mass is 10.2. The minimum absolute atomic E-state index is 0.0964. The fourth-order valence-electron chi connectivity index (χ4n) is 0.925. The molecule has 0 saturated heterocycles. The third-order valence-electron chi connectivity index (χ3n) is 1.68. The van der Waals surface area contributed by atoms with Gasteiger partial charge in [-0.25, -0.2) is 4.79 Å². The Bertz CT molecular complexity index is 505. The maximum atomic E-state index is 11.5. The molecule has 0 amide bonds. The third-order valence-corrected chi connectivity index (χ3v) is 2.19. The van der Waals surface area contributed by atoms with Crippen LogP contribution in [0.5, 0.6) is 0 Å². The Morgan fingerprint density at radius 2 is 2.06 bits per heavy atom. The Kier molecular flexibility index (Phi) is 4.47. The molecule has 17 heavy (non-hydrogen) atoms. The molecule has 0 aromatic carbocycles. The van der Waals surface area contributed by atoms with Gasteiger partial charge in [0.15, 0.2) is 0 Å². The number of carbonyl (C=O) groups is 2. The van der Waals surface area contributed by atoms with Gasteiger partial charge in [-0.15, -0.1) is 0 Å². The topological polar surface area (TPSA) is 59.2 Å². The average molecular weight is 295 g/mol. The zero-order valence-electron chi connectivity index (χ0n) is 8.51. The molecule has 0 aliphatic rings. The number of esters is 1. The molecule has 1 aromatic heterocycles. The number of halogens is 3. The lowest BCUT2D eigenvalue weighted by Crippen LogP contribution is -2.19. The number of rotatable bonds is 1. The largest absolute Gasteiger partial charge is 0.459 e. The normalized spacial score (nSPS) is 10.4. The van der Waals surface area contributed by atoms with E-state index in [-0.39, 0.29) is 5.69 Å². The van der Waals surface area contributed by atoms with Crippen LogP contribution in [0, 0.1) is 11.8 Å². The van der Waals surface area contributed by atoms with Crippen LogP contribution in [0.3, 0.4) is 0 Å². The maximum absolute atomic E-state index is 11.5. The number of carbonyl (C=O) groups excluding carboxylic acids is 2. The Morgan fingerprint density at radius 1 is 1.41 bits per heavy atom. The summed E-state index contributed by atoms with van der Waals surface area (Å²) >= 11 is 16.3. The van der Waals surface area contributed by atoms with E-state index >= 15 is 0 Å². The summed E-state index contributed by atoms with van der Waals surface area (Å²) in [6.45, 7) is 0. The third kappa shape index (κ3) is 3.97. The number of Topliss-reactive ketones (excluding diaryl/α,β-unsaturated/α-hetero) is 1. The molecule has 4 nitrogen and oxygen atoms in total. The second kappa shape index (κ2) is 5.46. The monoisotopic (exact) mass is 293 g/mol. The molecule has 0 bridgehead atoms. The van der Waals surface area contributed by atoms with Crippen LogP contribution < -0.4 is 0 Å². The predicted molar refractivity (Wildman–Crippen MR) is 64.3 cm³/mol. The van der Waals surface area contributed by atoms with Gasteiger partial charge in [-0.3, -0.25) is 4.79 Å². The van der Waals surface area contributed by atoms with Crippen molar-refractivity contribution < 1.29 is 14.3 Å². The van der Waals surface area contributed by atoms with Gasteiger partial charge in [0.1, 0.15) is 0 Å². The van der Waals surface area contributed by atoms with Crippen LogP contribution in [0.1, 0.15) is 16.1 Å². The van der Waals surface area contributed by atoms with Gasteiger partial charge in [0.25, 0.3) is 3.79 Å². The van der Waals surface area contributed by atoms with E-state index in [4.69, 9.17) is 34.8 Å². The number of hydrogen-bond donors (Lipinski definition) is 1.